The van der Waals surface area contributed by atoms with E-state index >= 15 is 0 Å². The maximum absolute atomic E-state index is 13.8. The predicted octanol–water partition coefficient (Wildman–Crippen LogP) is 2.99. The SMILES string of the molecule is OC1CCN(Cc2cc(-c3c(F)c(F)c(F)c(F)c3F)no2)CC1. The molecule has 1 aromatic heterocycles. The van der Waals surface area contributed by atoms with Crippen molar-refractivity contribution in [2.24, 2.45) is 0 Å². The summed E-state index contributed by atoms with van der Waals surface area (Å²) >= 11 is 0. The van der Waals surface area contributed by atoms with Gasteiger partial charge in [-0.15, -0.1) is 0 Å². The summed E-state index contributed by atoms with van der Waals surface area (Å²) in [5, 5.41) is 12.8. The van der Waals surface area contributed by atoms with Crippen molar-refractivity contribution in [1.82, 2.24) is 10.1 Å². The number of aliphatic hydroxyl groups is 1. The fourth-order valence-electron chi connectivity index (χ4n) is 2.63. The summed E-state index contributed by atoms with van der Waals surface area (Å²) in [4.78, 5) is 1.93. The van der Waals surface area contributed by atoms with E-state index in [2.05, 4.69) is 5.16 Å². The first-order chi connectivity index (χ1) is 11.4. The van der Waals surface area contributed by atoms with E-state index in [-0.39, 0.29) is 18.4 Å². The molecular formula is C15H13F5N2O2. The number of aliphatic hydroxyl groups excluding tert-OH is 1. The van der Waals surface area contributed by atoms with Gasteiger partial charge in [-0.1, -0.05) is 5.16 Å². The van der Waals surface area contributed by atoms with E-state index in [0.29, 0.717) is 25.9 Å². The van der Waals surface area contributed by atoms with E-state index in [4.69, 9.17) is 4.52 Å². The Labute approximate surface area is 133 Å². The molecule has 0 radical (unpaired) electrons. The zero-order chi connectivity index (χ0) is 17.4. The Bertz CT molecular complexity index is 728. The van der Waals surface area contributed by atoms with Crippen molar-refractivity contribution >= 4 is 0 Å². The molecule has 1 fully saturated rings. The van der Waals surface area contributed by atoms with E-state index in [1.807, 2.05) is 4.90 Å². The smallest absolute Gasteiger partial charge is 0.200 e. The molecule has 3 rings (SSSR count). The number of aromatic nitrogens is 1. The van der Waals surface area contributed by atoms with E-state index in [0.717, 1.165) is 6.07 Å². The molecule has 1 N–H and O–H groups in total. The van der Waals surface area contributed by atoms with Gasteiger partial charge < -0.3 is 9.63 Å². The third kappa shape index (κ3) is 3.01. The van der Waals surface area contributed by atoms with Crippen molar-refractivity contribution < 1.29 is 31.6 Å². The molecule has 0 unspecified atom stereocenters. The van der Waals surface area contributed by atoms with Crippen LogP contribution in [0.2, 0.25) is 0 Å². The van der Waals surface area contributed by atoms with Crippen molar-refractivity contribution in [2.75, 3.05) is 13.1 Å². The average Bonchev–Trinajstić information content (AvgIpc) is 3.01. The number of piperidine rings is 1. The fourth-order valence-corrected chi connectivity index (χ4v) is 2.63. The number of hydrogen-bond acceptors (Lipinski definition) is 4. The summed E-state index contributed by atoms with van der Waals surface area (Å²) in [5.41, 5.74) is -1.58. The Balaban J connectivity index is 1.86. The van der Waals surface area contributed by atoms with Gasteiger partial charge in [-0.25, -0.2) is 22.0 Å². The van der Waals surface area contributed by atoms with Crippen LogP contribution in [0.4, 0.5) is 22.0 Å². The minimum absolute atomic E-state index is 0.227. The molecule has 0 amide bonds. The van der Waals surface area contributed by atoms with Crippen molar-refractivity contribution in [3.63, 3.8) is 0 Å². The molecule has 130 valence electrons. The Hall–Kier alpha value is -2.00. The van der Waals surface area contributed by atoms with Crippen LogP contribution in [0.25, 0.3) is 11.3 Å². The van der Waals surface area contributed by atoms with Gasteiger partial charge in [0.2, 0.25) is 5.82 Å². The number of nitrogens with zero attached hydrogens (tertiary/aromatic N) is 2. The van der Waals surface area contributed by atoms with E-state index < -0.39 is 40.3 Å². The van der Waals surface area contributed by atoms with Gasteiger partial charge in [-0.05, 0) is 12.8 Å². The largest absolute Gasteiger partial charge is 0.393 e. The number of hydrogen-bond donors (Lipinski definition) is 1. The molecular weight excluding hydrogens is 335 g/mol. The molecule has 1 aliphatic heterocycles. The molecule has 2 aromatic rings. The lowest BCUT2D eigenvalue weighted by molar-refractivity contribution is 0.0749. The van der Waals surface area contributed by atoms with Crippen molar-refractivity contribution in [3.8, 4) is 11.3 Å². The minimum atomic E-state index is -2.22. The lowest BCUT2D eigenvalue weighted by atomic mass is 10.1. The first-order valence-electron chi connectivity index (χ1n) is 7.26. The second-order valence-electron chi connectivity index (χ2n) is 5.63. The Morgan fingerprint density at radius 3 is 2.12 bits per heavy atom. The maximum atomic E-state index is 13.8. The summed E-state index contributed by atoms with van der Waals surface area (Å²) in [6.07, 6.45) is 0.803. The molecule has 1 aromatic carbocycles. The zero-order valence-corrected chi connectivity index (χ0v) is 12.3. The fraction of sp³-hybridized carbons (Fsp3) is 0.400. The number of likely N-dealkylation sites (tertiary alicyclic amines) is 1. The van der Waals surface area contributed by atoms with Gasteiger partial charge >= 0.3 is 0 Å². The van der Waals surface area contributed by atoms with Crippen molar-refractivity contribution in [2.45, 2.75) is 25.5 Å². The highest BCUT2D eigenvalue weighted by atomic mass is 19.2. The molecule has 0 spiro atoms. The highest BCUT2D eigenvalue weighted by Crippen LogP contribution is 2.31. The first-order valence-corrected chi connectivity index (χ1v) is 7.26. The minimum Gasteiger partial charge on any atom is -0.393 e. The van der Waals surface area contributed by atoms with Gasteiger partial charge in [0, 0.05) is 19.2 Å². The molecule has 9 heteroatoms. The van der Waals surface area contributed by atoms with E-state index in [1.54, 1.807) is 0 Å². The molecule has 0 bridgehead atoms. The van der Waals surface area contributed by atoms with Crippen LogP contribution in [-0.2, 0) is 6.54 Å². The molecule has 1 aliphatic rings. The highest BCUT2D eigenvalue weighted by molar-refractivity contribution is 5.61. The third-order valence-corrected chi connectivity index (χ3v) is 3.96. The van der Waals surface area contributed by atoms with Gasteiger partial charge in [0.05, 0.1) is 18.2 Å². The second-order valence-corrected chi connectivity index (χ2v) is 5.63. The molecule has 0 aliphatic carbocycles. The average molecular weight is 348 g/mol. The van der Waals surface area contributed by atoms with Crippen LogP contribution in [0.1, 0.15) is 18.6 Å². The normalized spacial score (nSPS) is 16.8. The van der Waals surface area contributed by atoms with Gasteiger partial charge in [-0.2, -0.15) is 0 Å². The molecule has 1 saturated heterocycles. The number of benzene rings is 1. The van der Waals surface area contributed by atoms with Gasteiger partial charge in [0.25, 0.3) is 0 Å². The highest BCUT2D eigenvalue weighted by Gasteiger charge is 2.28. The van der Waals surface area contributed by atoms with Crippen LogP contribution in [0, 0.1) is 29.1 Å². The standard InChI is InChI=1S/C15H13F5N2O2/c16-11-10(12(17)14(19)15(20)13(11)18)9-5-8(24-21-9)6-22-3-1-7(23)2-4-22/h5,7,23H,1-4,6H2. The second kappa shape index (κ2) is 6.48. The topological polar surface area (TPSA) is 49.5 Å². The molecule has 2 heterocycles. The molecule has 0 atom stereocenters. The first kappa shape index (κ1) is 16.8. The molecule has 0 saturated carbocycles. The lowest BCUT2D eigenvalue weighted by Gasteiger charge is -2.28. The number of halogens is 5. The molecule has 24 heavy (non-hydrogen) atoms. The Kier molecular flexibility index (Phi) is 4.55. The summed E-state index contributed by atoms with van der Waals surface area (Å²) in [5.74, 6) is -9.95. The summed E-state index contributed by atoms with van der Waals surface area (Å²) < 4.78 is 72.0. The van der Waals surface area contributed by atoms with E-state index in [9.17, 15) is 27.1 Å². The van der Waals surface area contributed by atoms with Crippen LogP contribution in [0.3, 0.4) is 0 Å². The Morgan fingerprint density at radius 2 is 1.54 bits per heavy atom. The summed E-state index contributed by atoms with van der Waals surface area (Å²) in [6.45, 7) is 1.45. The quantitative estimate of drug-likeness (QED) is 0.526. The van der Waals surface area contributed by atoms with Crippen molar-refractivity contribution in [3.05, 3.63) is 40.9 Å². The van der Waals surface area contributed by atoms with Crippen LogP contribution in [0.15, 0.2) is 10.6 Å². The molecule has 4 nitrogen and oxygen atoms in total. The van der Waals surface area contributed by atoms with Crippen LogP contribution in [0.5, 0.6) is 0 Å². The third-order valence-electron chi connectivity index (χ3n) is 3.96. The Morgan fingerprint density at radius 1 is 1.00 bits per heavy atom. The monoisotopic (exact) mass is 348 g/mol. The summed E-state index contributed by atoms with van der Waals surface area (Å²) in [6, 6.07) is 1.14. The van der Waals surface area contributed by atoms with Crippen molar-refractivity contribution in [1.29, 1.82) is 0 Å². The van der Waals surface area contributed by atoms with Gasteiger partial charge in [0.15, 0.2) is 29.0 Å². The van der Waals surface area contributed by atoms with Gasteiger partial charge in [-0.3, -0.25) is 4.90 Å². The lowest BCUT2D eigenvalue weighted by Crippen LogP contribution is -2.35. The zero-order valence-electron chi connectivity index (χ0n) is 12.3. The maximum Gasteiger partial charge on any atom is 0.200 e. The predicted molar refractivity (Wildman–Crippen MR) is 72.2 cm³/mol. The van der Waals surface area contributed by atoms with Crippen LogP contribution >= 0.6 is 0 Å². The summed E-state index contributed by atoms with van der Waals surface area (Å²) in [7, 11) is 0. The van der Waals surface area contributed by atoms with Crippen LogP contribution in [-0.4, -0.2) is 34.4 Å². The van der Waals surface area contributed by atoms with Gasteiger partial charge in [0.1, 0.15) is 5.69 Å². The van der Waals surface area contributed by atoms with Crippen LogP contribution < -0.4 is 0 Å². The van der Waals surface area contributed by atoms with E-state index in [1.165, 1.54) is 0 Å². The number of rotatable bonds is 3.